The Morgan fingerprint density at radius 1 is 0.857 bits per heavy atom. The summed E-state index contributed by atoms with van der Waals surface area (Å²) in [5.74, 6) is -1.31. The van der Waals surface area contributed by atoms with Crippen molar-refractivity contribution in [1.82, 2.24) is 4.73 Å². The molecular weight excluding hydrogens is 462 g/mol. The highest BCUT2D eigenvalue weighted by atomic mass is 28.3. The molecule has 0 aliphatic carbocycles. The van der Waals surface area contributed by atoms with Crippen LogP contribution in [0.25, 0.3) is 0 Å². The maximum Gasteiger partial charge on any atom is 0.527 e. The van der Waals surface area contributed by atoms with E-state index in [1.165, 1.54) is 4.73 Å². The molecule has 0 bridgehead atoms. The molecule has 0 aliphatic rings. The maximum absolute atomic E-state index is 13.0. The normalized spacial score (nSPS) is 12.7. The van der Waals surface area contributed by atoms with E-state index in [9.17, 15) is 19.8 Å². The zero-order chi connectivity index (χ0) is 25.5. The van der Waals surface area contributed by atoms with Crippen LogP contribution in [0, 0.1) is 0 Å². The molecule has 0 amide bonds. The molecule has 3 aromatic carbocycles. The van der Waals surface area contributed by atoms with E-state index >= 15 is 0 Å². The average molecular weight is 494 g/mol. The molecule has 0 aliphatic heterocycles. The van der Waals surface area contributed by atoms with E-state index in [1.54, 1.807) is 12.1 Å². The van der Waals surface area contributed by atoms with Crippen LogP contribution in [0.3, 0.4) is 0 Å². The largest absolute Gasteiger partial charge is 0.527 e. The minimum absolute atomic E-state index is 0.0366. The highest BCUT2D eigenvalue weighted by Gasteiger charge is 2.58. The van der Waals surface area contributed by atoms with Gasteiger partial charge in [-0.3, -0.25) is 4.79 Å². The Bertz CT molecular complexity index is 1060. The molecule has 2 N–H and O–H groups in total. The summed E-state index contributed by atoms with van der Waals surface area (Å²) in [6.07, 6.45) is -1.04. The van der Waals surface area contributed by atoms with Crippen molar-refractivity contribution in [1.29, 1.82) is 0 Å². The minimum atomic E-state index is -3.43. The lowest BCUT2D eigenvalue weighted by Crippen LogP contribution is -2.77. The molecule has 0 unspecified atom stereocenters. The van der Waals surface area contributed by atoms with Gasteiger partial charge in [0.15, 0.2) is 6.04 Å². The van der Waals surface area contributed by atoms with Gasteiger partial charge in [0.2, 0.25) is 8.24 Å². The van der Waals surface area contributed by atoms with Crippen molar-refractivity contribution in [3.05, 3.63) is 96.6 Å². The zero-order valence-electron chi connectivity index (χ0n) is 20.1. The van der Waals surface area contributed by atoms with Crippen LogP contribution in [0.5, 0.6) is 0 Å². The molecule has 0 fully saturated rings. The maximum atomic E-state index is 13.0. The van der Waals surface area contributed by atoms with E-state index in [0.717, 1.165) is 15.9 Å². The first-order valence-corrected chi connectivity index (χ1v) is 13.3. The molecule has 184 valence electrons. The van der Waals surface area contributed by atoms with Crippen LogP contribution in [-0.2, 0) is 21.0 Å². The third kappa shape index (κ3) is 5.62. The van der Waals surface area contributed by atoms with Gasteiger partial charge < -0.3 is 19.8 Å². The molecule has 8 heteroatoms. The minimum Gasteiger partial charge on any atom is -0.480 e. The molecule has 3 rings (SSSR count). The van der Waals surface area contributed by atoms with E-state index in [0.29, 0.717) is 0 Å². The molecule has 0 aromatic heterocycles. The third-order valence-corrected chi connectivity index (χ3v) is 11.5. The molecule has 35 heavy (non-hydrogen) atoms. The van der Waals surface area contributed by atoms with Gasteiger partial charge in [-0.1, -0.05) is 112 Å². The summed E-state index contributed by atoms with van der Waals surface area (Å²) in [7, 11) is -3.43. The third-order valence-electron chi connectivity index (χ3n) is 5.91. The summed E-state index contributed by atoms with van der Waals surface area (Å²) >= 11 is 0. The molecule has 0 saturated carbocycles. The Balaban J connectivity index is 2.16. The smallest absolute Gasteiger partial charge is 0.480 e. The number of ether oxygens (including phenoxy) is 1. The fourth-order valence-electron chi connectivity index (χ4n) is 4.42. The van der Waals surface area contributed by atoms with Crippen molar-refractivity contribution in [3.8, 4) is 0 Å². The predicted octanol–water partition coefficient (Wildman–Crippen LogP) is 3.56. The molecule has 3 aromatic rings. The summed E-state index contributed by atoms with van der Waals surface area (Å²) in [4.78, 5) is 31.1. The number of aliphatic hydroxyl groups excluding tert-OH is 1. The summed E-state index contributed by atoms with van der Waals surface area (Å²) in [6.45, 7) is 5.17. The number of aliphatic hydroxyl groups is 1. The van der Waals surface area contributed by atoms with Crippen LogP contribution in [0.2, 0.25) is 5.04 Å². The monoisotopic (exact) mass is 493 g/mol. The number of carbonyl (C=O) groups is 2. The highest BCUT2D eigenvalue weighted by molar-refractivity contribution is 7.02. The van der Waals surface area contributed by atoms with Gasteiger partial charge in [-0.25, -0.2) is 4.79 Å². The zero-order valence-corrected chi connectivity index (χ0v) is 21.1. The van der Waals surface area contributed by atoms with E-state index in [4.69, 9.17) is 9.57 Å². The van der Waals surface area contributed by atoms with Crippen LogP contribution in [-0.4, -0.2) is 48.0 Å². The molecular formula is C27H31NO6Si. The number of carboxylic acids is 1. The fourth-order valence-corrected chi connectivity index (χ4v) is 9.87. The first-order valence-electron chi connectivity index (χ1n) is 11.3. The van der Waals surface area contributed by atoms with Gasteiger partial charge in [-0.2, -0.15) is 0 Å². The Hall–Kier alpha value is -3.46. The average Bonchev–Trinajstić information content (AvgIpc) is 2.84. The number of rotatable bonds is 9. The lowest BCUT2D eigenvalue weighted by molar-refractivity contribution is -0.160. The van der Waals surface area contributed by atoms with Gasteiger partial charge >= 0.3 is 12.1 Å². The van der Waals surface area contributed by atoms with Crippen molar-refractivity contribution < 1.29 is 29.4 Å². The highest BCUT2D eigenvalue weighted by Crippen LogP contribution is 2.39. The van der Waals surface area contributed by atoms with Crippen LogP contribution < -0.4 is 10.4 Å². The second-order valence-electron chi connectivity index (χ2n) is 9.17. The van der Waals surface area contributed by atoms with E-state index in [-0.39, 0.29) is 6.61 Å². The van der Waals surface area contributed by atoms with Crippen molar-refractivity contribution in [2.24, 2.45) is 0 Å². The van der Waals surface area contributed by atoms with Crippen molar-refractivity contribution >= 4 is 30.7 Å². The molecule has 0 radical (unpaired) electrons. The van der Waals surface area contributed by atoms with Crippen LogP contribution in [0.4, 0.5) is 4.79 Å². The quantitative estimate of drug-likeness (QED) is 0.267. The second kappa shape index (κ2) is 11.3. The second-order valence-corrected chi connectivity index (χ2v) is 13.7. The Morgan fingerprint density at radius 2 is 1.31 bits per heavy atom. The van der Waals surface area contributed by atoms with Gasteiger partial charge in [0, 0.05) is 0 Å². The van der Waals surface area contributed by atoms with E-state index in [1.807, 2.05) is 99.6 Å². The number of nitrogens with zero attached hydrogens (tertiary/aromatic N) is 1. The number of hydrogen-bond acceptors (Lipinski definition) is 6. The lowest BCUT2D eigenvalue weighted by Gasteiger charge is -2.50. The number of hydroxylamine groups is 1. The van der Waals surface area contributed by atoms with Gasteiger partial charge in [0.25, 0.3) is 0 Å². The van der Waals surface area contributed by atoms with Crippen molar-refractivity contribution in [2.45, 2.75) is 38.5 Å². The SMILES string of the molecule is CC(C)(C)[Si](c1ccccc1)(c1ccccc1)N(OC(=O)OCc1ccccc1)[C@@H](CO)C(=O)O. The summed E-state index contributed by atoms with van der Waals surface area (Å²) < 4.78 is 6.57. The Morgan fingerprint density at radius 3 is 1.71 bits per heavy atom. The summed E-state index contributed by atoms with van der Waals surface area (Å²) in [6, 6.07) is 26.5. The standard InChI is InChI=1S/C27H31NO6Si/c1-27(2,3)35(22-15-9-5-10-16-22,23-17-11-6-12-18-23)28(24(19-29)25(30)31)34-26(32)33-20-21-13-7-4-8-14-21/h4-18,24,29H,19-20H2,1-3H3,(H,30,31)/t24-/m0/s1. The van der Waals surface area contributed by atoms with Crippen molar-refractivity contribution in [3.63, 3.8) is 0 Å². The van der Waals surface area contributed by atoms with Crippen LogP contribution in [0.15, 0.2) is 91.0 Å². The van der Waals surface area contributed by atoms with Gasteiger partial charge in [0.1, 0.15) is 6.61 Å². The number of benzene rings is 3. The van der Waals surface area contributed by atoms with Crippen LogP contribution in [0.1, 0.15) is 26.3 Å². The van der Waals surface area contributed by atoms with Gasteiger partial charge in [-0.15, -0.1) is 4.73 Å². The molecule has 0 heterocycles. The molecule has 7 nitrogen and oxygen atoms in total. The molecule has 0 spiro atoms. The Kier molecular flexibility index (Phi) is 8.45. The predicted molar refractivity (Wildman–Crippen MR) is 136 cm³/mol. The first kappa shape index (κ1) is 26.1. The summed E-state index contributed by atoms with van der Waals surface area (Å²) in [5.41, 5.74) is 0.762. The summed E-state index contributed by atoms with van der Waals surface area (Å²) in [5, 5.41) is 21.3. The van der Waals surface area contributed by atoms with Crippen LogP contribution >= 0.6 is 0 Å². The molecule has 1 atom stereocenters. The number of hydrogen-bond donors (Lipinski definition) is 2. The van der Waals surface area contributed by atoms with Gasteiger partial charge in [-0.05, 0) is 21.0 Å². The van der Waals surface area contributed by atoms with E-state index < -0.39 is 38.0 Å². The lowest BCUT2D eigenvalue weighted by atomic mass is 10.2. The van der Waals surface area contributed by atoms with Crippen molar-refractivity contribution in [2.75, 3.05) is 6.61 Å². The Labute approximate surface area is 206 Å². The fraction of sp³-hybridized carbons (Fsp3) is 0.259. The van der Waals surface area contributed by atoms with Gasteiger partial charge in [0.05, 0.1) is 6.61 Å². The number of carbonyl (C=O) groups excluding carboxylic acids is 1. The topological polar surface area (TPSA) is 96.3 Å². The number of aliphatic carboxylic acids is 1. The first-order chi connectivity index (χ1) is 16.7. The number of carboxylic acid groups (broad SMARTS) is 1. The van der Waals surface area contributed by atoms with E-state index in [2.05, 4.69) is 0 Å². The molecule has 0 saturated heterocycles.